The first-order valence-electron chi connectivity index (χ1n) is 10.6. The minimum absolute atomic E-state index is 0.0499. The van der Waals surface area contributed by atoms with Gasteiger partial charge in [0.1, 0.15) is 0 Å². The lowest BCUT2D eigenvalue weighted by molar-refractivity contribution is -0.132. The van der Waals surface area contributed by atoms with Gasteiger partial charge < -0.3 is 14.8 Å². The number of hydrogen-bond donors (Lipinski definition) is 1. The predicted molar refractivity (Wildman–Crippen MR) is 122 cm³/mol. The normalized spacial score (nSPS) is 17.2. The number of carbonyl (C=O) groups excluding carboxylic acids is 2. The lowest BCUT2D eigenvalue weighted by Crippen LogP contribution is -2.43. The number of likely N-dealkylation sites (tertiary alicyclic amines) is 1. The molecule has 3 aromatic rings. The third-order valence-corrected chi connectivity index (χ3v) is 7.21. The molecule has 5 rings (SSSR count). The van der Waals surface area contributed by atoms with Crippen molar-refractivity contribution in [2.24, 2.45) is 0 Å². The highest BCUT2D eigenvalue weighted by molar-refractivity contribution is 8.00. The van der Waals surface area contributed by atoms with Gasteiger partial charge in [-0.1, -0.05) is 24.3 Å². The zero-order chi connectivity index (χ0) is 21.4. The van der Waals surface area contributed by atoms with Crippen LogP contribution in [0, 0.1) is 0 Å². The van der Waals surface area contributed by atoms with E-state index in [4.69, 9.17) is 0 Å². The summed E-state index contributed by atoms with van der Waals surface area (Å²) in [7, 11) is 0. The van der Waals surface area contributed by atoms with Crippen LogP contribution in [0.25, 0.3) is 11.0 Å². The topological polar surface area (TPSA) is 78.4 Å². The smallest absolute Gasteiger partial charge is 0.326 e. The van der Waals surface area contributed by atoms with E-state index in [0.29, 0.717) is 31.8 Å². The molecule has 31 heavy (non-hydrogen) atoms. The summed E-state index contributed by atoms with van der Waals surface area (Å²) in [6.45, 7) is 1.64. The van der Waals surface area contributed by atoms with Gasteiger partial charge in [-0.15, -0.1) is 11.8 Å². The molecule has 0 radical (unpaired) electrons. The summed E-state index contributed by atoms with van der Waals surface area (Å²) >= 11 is 1.55. The van der Waals surface area contributed by atoms with Crippen LogP contribution in [-0.2, 0) is 9.59 Å². The second-order valence-electron chi connectivity index (χ2n) is 7.98. The van der Waals surface area contributed by atoms with Crippen LogP contribution in [-0.4, -0.2) is 51.7 Å². The van der Waals surface area contributed by atoms with Crippen molar-refractivity contribution in [1.29, 1.82) is 0 Å². The number of H-pyrrole nitrogens is 1. The Balaban J connectivity index is 1.21. The van der Waals surface area contributed by atoms with E-state index in [1.807, 2.05) is 58.0 Å². The molecule has 2 aromatic carbocycles. The van der Waals surface area contributed by atoms with Crippen molar-refractivity contribution < 1.29 is 9.59 Å². The standard InChI is InChI=1S/C23H24N4O3S/c28-21(11-14-26-19-7-3-4-8-20(19)31-15-22(26)29)25-12-9-16(10-13-25)27-18-6-2-1-5-17(18)24-23(27)30/h1-8,16H,9-15H2,(H,24,30). The number of piperidine rings is 1. The Hall–Kier alpha value is -3.00. The van der Waals surface area contributed by atoms with Gasteiger partial charge in [0.15, 0.2) is 0 Å². The Morgan fingerprint density at radius 1 is 1.03 bits per heavy atom. The summed E-state index contributed by atoms with van der Waals surface area (Å²) in [5.41, 5.74) is 2.56. The molecule has 1 fully saturated rings. The highest BCUT2D eigenvalue weighted by Gasteiger charge is 2.28. The van der Waals surface area contributed by atoms with E-state index in [0.717, 1.165) is 34.5 Å². The molecule has 0 saturated carbocycles. The SMILES string of the molecule is O=C(CCN1C(=O)CSc2ccccc21)N1CCC(n2c(=O)[nH]c3ccccc32)CC1. The van der Waals surface area contributed by atoms with Crippen molar-refractivity contribution in [2.45, 2.75) is 30.2 Å². The number of anilines is 1. The van der Waals surface area contributed by atoms with Gasteiger partial charge in [0.2, 0.25) is 11.8 Å². The van der Waals surface area contributed by atoms with E-state index < -0.39 is 0 Å². The van der Waals surface area contributed by atoms with E-state index in [1.54, 1.807) is 16.7 Å². The summed E-state index contributed by atoms with van der Waals surface area (Å²) in [5.74, 6) is 0.526. The molecule has 0 unspecified atom stereocenters. The van der Waals surface area contributed by atoms with E-state index >= 15 is 0 Å². The zero-order valence-electron chi connectivity index (χ0n) is 17.1. The maximum absolute atomic E-state index is 12.8. The van der Waals surface area contributed by atoms with Gasteiger partial charge in [-0.05, 0) is 37.1 Å². The maximum atomic E-state index is 12.8. The van der Waals surface area contributed by atoms with Crippen molar-refractivity contribution in [2.75, 3.05) is 30.3 Å². The van der Waals surface area contributed by atoms with E-state index in [2.05, 4.69) is 4.98 Å². The Morgan fingerprint density at radius 3 is 2.61 bits per heavy atom. The van der Waals surface area contributed by atoms with Crippen LogP contribution in [0.5, 0.6) is 0 Å². The van der Waals surface area contributed by atoms with Crippen LogP contribution in [0.1, 0.15) is 25.3 Å². The van der Waals surface area contributed by atoms with Gasteiger partial charge in [0, 0.05) is 37.0 Å². The van der Waals surface area contributed by atoms with Crippen LogP contribution in [0.4, 0.5) is 5.69 Å². The molecule has 0 atom stereocenters. The number of nitrogens with zero attached hydrogens (tertiary/aromatic N) is 3. The molecule has 2 amide bonds. The van der Waals surface area contributed by atoms with Crippen LogP contribution in [0.15, 0.2) is 58.2 Å². The van der Waals surface area contributed by atoms with E-state index in [9.17, 15) is 14.4 Å². The molecule has 2 aliphatic heterocycles. The number of thioether (sulfide) groups is 1. The minimum atomic E-state index is -0.0916. The summed E-state index contributed by atoms with van der Waals surface area (Å²) in [6, 6.07) is 15.6. The number of imidazole rings is 1. The van der Waals surface area contributed by atoms with Gasteiger partial charge in [0.25, 0.3) is 0 Å². The summed E-state index contributed by atoms with van der Waals surface area (Å²) in [4.78, 5) is 45.3. The highest BCUT2D eigenvalue weighted by Crippen LogP contribution is 2.35. The molecule has 1 saturated heterocycles. The largest absolute Gasteiger partial charge is 0.342 e. The van der Waals surface area contributed by atoms with E-state index in [-0.39, 0.29) is 23.5 Å². The monoisotopic (exact) mass is 436 g/mol. The maximum Gasteiger partial charge on any atom is 0.326 e. The lowest BCUT2D eigenvalue weighted by Gasteiger charge is -2.34. The van der Waals surface area contributed by atoms with Crippen molar-refractivity contribution in [3.05, 3.63) is 59.0 Å². The number of carbonyl (C=O) groups is 2. The molecule has 7 nitrogen and oxygen atoms in total. The first kappa shape index (κ1) is 19.9. The van der Waals surface area contributed by atoms with Gasteiger partial charge in [0.05, 0.1) is 22.5 Å². The molecular weight excluding hydrogens is 412 g/mol. The number of aromatic nitrogens is 2. The van der Waals surface area contributed by atoms with Crippen molar-refractivity contribution in [1.82, 2.24) is 14.5 Å². The number of aromatic amines is 1. The van der Waals surface area contributed by atoms with Gasteiger partial charge >= 0.3 is 5.69 Å². The number of amides is 2. The fourth-order valence-electron chi connectivity index (χ4n) is 4.57. The van der Waals surface area contributed by atoms with E-state index in [1.165, 1.54) is 0 Å². The zero-order valence-corrected chi connectivity index (χ0v) is 17.9. The minimum Gasteiger partial charge on any atom is -0.342 e. The first-order chi connectivity index (χ1) is 15.1. The van der Waals surface area contributed by atoms with Crippen molar-refractivity contribution >= 4 is 40.3 Å². The molecule has 160 valence electrons. The number of rotatable bonds is 4. The number of fused-ring (bicyclic) bond motifs is 2. The predicted octanol–water partition coefficient (Wildman–Crippen LogP) is 3.02. The third-order valence-electron chi connectivity index (χ3n) is 6.16. The quantitative estimate of drug-likeness (QED) is 0.682. The van der Waals surface area contributed by atoms with Crippen LogP contribution >= 0.6 is 11.8 Å². The van der Waals surface area contributed by atoms with Gasteiger partial charge in [-0.25, -0.2) is 4.79 Å². The summed E-state index contributed by atoms with van der Waals surface area (Å²) in [5, 5.41) is 0. The number of benzene rings is 2. The van der Waals surface area contributed by atoms with Crippen LogP contribution in [0.3, 0.4) is 0 Å². The van der Waals surface area contributed by atoms with Crippen LogP contribution < -0.4 is 10.6 Å². The molecule has 1 aromatic heterocycles. The third kappa shape index (κ3) is 3.76. The number of nitrogens with one attached hydrogen (secondary N) is 1. The highest BCUT2D eigenvalue weighted by atomic mass is 32.2. The molecule has 1 N–H and O–H groups in total. The summed E-state index contributed by atoms with van der Waals surface area (Å²) < 4.78 is 1.83. The summed E-state index contributed by atoms with van der Waals surface area (Å²) in [6.07, 6.45) is 1.80. The van der Waals surface area contributed by atoms with Gasteiger partial charge in [-0.2, -0.15) is 0 Å². The Bertz CT molecular complexity index is 1190. The van der Waals surface area contributed by atoms with Crippen molar-refractivity contribution in [3.8, 4) is 0 Å². The second kappa shape index (κ2) is 8.26. The lowest BCUT2D eigenvalue weighted by atomic mass is 10.0. The Labute approximate surface area is 184 Å². The second-order valence-corrected chi connectivity index (χ2v) is 9.00. The average Bonchev–Trinajstić information content (AvgIpc) is 3.14. The number of hydrogen-bond acceptors (Lipinski definition) is 4. The van der Waals surface area contributed by atoms with Gasteiger partial charge in [-0.3, -0.25) is 14.2 Å². The van der Waals surface area contributed by atoms with Crippen molar-refractivity contribution in [3.63, 3.8) is 0 Å². The molecular formula is C23H24N4O3S. The molecule has 8 heteroatoms. The molecule has 0 aliphatic carbocycles. The molecule has 2 aliphatic rings. The Kier molecular flexibility index (Phi) is 5.31. The average molecular weight is 437 g/mol. The molecule has 0 bridgehead atoms. The fourth-order valence-corrected chi connectivity index (χ4v) is 5.51. The molecule has 3 heterocycles. The fraction of sp³-hybridized carbons (Fsp3) is 0.348. The first-order valence-corrected chi connectivity index (χ1v) is 11.6. The number of para-hydroxylation sites is 3. The van der Waals surface area contributed by atoms with Crippen LogP contribution in [0.2, 0.25) is 0 Å². The Morgan fingerprint density at radius 2 is 1.77 bits per heavy atom. The molecule has 0 spiro atoms.